The van der Waals surface area contributed by atoms with Gasteiger partial charge >= 0.3 is 6.01 Å². The molecule has 2 N–H and O–H groups in total. The molecule has 78 valence electrons. The van der Waals surface area contributed by atoms with Gasteiger partial charge in [0.1, 0.15) is 0 Å². The molecule has 0 aromatic carbocycles. The summed E-state index contributed by atoms with van der Waals surface area (Å²) in [5, 5.41) is 3.88. The molecule has 2 rings (SSSR count). The van der Waals surface area contributed by atoms with Gasteiger partial charge in [0.2, 0.25) is 0 Å². The molecule has 0 bridgehead atoms. The lowest BCUT2D eigenvalue weighted by atomic mass is 9.73. The number of anilines is 1. The fourth-order valence-corrected chi connectivity index (χ4v) is 2.07. The summed E-state index contributed by atoms with van der Waals surface area (Å²) in [6.07, 6.45) is 4.75. The van der Waals surface area contributed by atoms with Gasteiger partial charge in [0.25, 0.3) is 0 Å². The molecule has 0 spiro atoms. The topological polar surface area (TPSA) is 64.9 Å². The summed E-state index contributed by atoms with van der Waals surface area (Å²) < 4.78 is 4.79. The number of aromatic nitrogens is 2. The van der Waals surface area contributed by atoms with E-state index >= 15 is 0 Å². The van der Waals surface area contributed by atoms with Crippen molar-refractivity contribution in [2.24, 2.45) is 5.41 Å². The lowest BCUT2D eigenvalue weighted by Gasteiger charge is -2.32. The maximum atomic E-state index is 5.40. The molecule has 1 aliphatic rings. The van der Waals surface area contributed by atoms with Gasteiger partial charge in [-0.25, -0.2) is 0 Å². The van der Waals surface area contributed by atoms with Gasteiger partial charge in [0, 0.05) is 5.92 Å². The zero-order valence-corrected chi connectivity index (χ0v) is 8.79. The molecular formula is C10H17N3O. The van der Waals surface area contributed by atoms with Gasteiger partial charge in [-0.1, -0.05) is 19.0 Å². The largest absolute Gasteiger partial charge is 0.351 e. The van der Waals surface area contributed by atoms with Crippen molar-refractivity contribution >= 4 is 6.01 Å². The van der Waals surface area contributed by atoms with Crippen molar-refractivity contribution in [1.29, 1.82) is 0 Å². The fraction of sp³-hybridized carbons (Fsp3) is 0.800. The van der Waals surface area contributed by atoms with E-state index in [4.69, 9.17) is 10.3 Å². The summed E-state index contributed by atoms with van der Waals surface area (Å²) in [5.41, 5.74) is 5.88. The Morgan fingerprint density at radius 2 is 2.00 bits per heavy atom. The monoisotopic (exact) mass is 195 g/mol. The first kappa shape index (κ1) is 9.49. The molecule has 1 aliphatic carbocycles. The van der Waals surface area contributed by atoms with E-state index in [-0.39, 0.29) is 6.01 Å². The van der Waals surface area contributed by atoms with Crippen LogP contribution in [0.3, 0.4) is 0 Å². The molecule has 1 fully saturated rings. The average Bonchev–Trinajstić information content (AvgIpc) is 2.52. The second-order valence-electron chi connectivity index (χ2n) is 4.93. The molecule has 1 heterocycles. The zero-order valence-electron chi connectivity index (χ0n) is 8.79. The predicted octanol–water partition coefficient (Wildman–Crippen LogP) is 2.34. The Morgan fingerprint density at radius 3 is 2.50 bits per heavy atom. The maximum Gasteiger partial charge on any atom is 0.318 e. The van der Waals surface area contributed by atoms with E-state index in [0.29, 0.717) is 11.3 Å². The minimum atomic E-state index is 0.185. The van der Waals surface area contributed by atoms with E-state index in [1.807, 2.05) is 0 Å². The lowest BCUT2D eigenvalue weighted by molar-refractivity contribution is 0.218. The minimum absolute atomic E-state index is 0.185. The second-order valence-corrected chi connectivity index (χ2v) is 4.93. The van der Waals surface area contributed by atoms with Crippen LogP contribution in [0.4, 0.5) is 6.01 Å². The number of hydrogen-bond acceptors (Lipinski definition) is 4. The molecule has 0 radical (unpaired) electrons. The molecule has 1 aromatic rings. The van der Waals surface area contributed by atoms with Crippen LogP contribution < -0.4 is 5.73 Å². The van der Waals surface area contributed by atoms with Crippen LogP contribution in [-0.2, 0) is 0 Å². The molecule has 0 atom stereocenters. The second kappa shape index (κ2) is 3.26. The highest BCUT2D eigenvalue weighted by atomic mass is 16.5. The Labute approximate surface area is 83.9 Å². The first-order valence-corrected chi connectivity index (χ1v) is 5.16. The Bertz CT molecular complexity index is 309. The van der Waals surface area contributed by atoms with Crippen molar-refractivity contribution < 1.29 is 4.52 Å². The SMILES string of the molecule is CC1(C)CCC(c2noc(N)n2)CC1. The first-order chi connectivity index (χ1) is 6.57. The van der Waals surface area contributed by atoms with E-state index in [0.717, 1.165) is 18.7 Å². The van der Waals surface area contributed by atoms with E-state index in [1.165, 1.54) is 12.8 Å². The van der Waals surface area contributed by atoms with Crippen molar-refractivity contribution in [3.8, 4) is 0 Å². The van der Waals surface area contributed by atoms with Crippen molar-refractivity contribution in [2.75, 3.05) is 5.73 Å². The summed E-state index contributed by atoms with van der Waals surface area (Å²) in [4.78, 5) is 4.08. The van der Waals surface area contributed by atoms with Crippen molar-refractivity contribution in [2.45, 2.75) is 45.4 Å². The van der Waals surface area contributed by atoms with E-state index in [1.54, 1.807) is 0 Å². The summed E-state index contributed by atoms with van der Waals surface area (Å²) in [7, 11) is 0. The van der Waals surface area contributed by atoms with Crippen LogP contribution in [0, 0.1) is 5.41 Å². The molecule has 0 saturated heterocycles. The third kappa shape index (κ3) is 1.89. The summed E-state index contributed by atoms with van der Waals surface area (Å²) >= 11 is 0. The number of nitrogen functional groups attached to an aromatic ring is 1. The fourth-order valence-electron chi connectivity index (χ4n) is 2.07. The van der Waals surface area contributed by atoms with Gasteiger partial charge in [0.15, 0.2) is 5.82 Å². The van der Waals surface area contributed by atoms with Gasteiger partial charge in [-0.2, -0.15) is 4.98 Å². The Kier molecular flexibility index (Phi) is 2.21. The van der Waals surface area contributed by atoms with Crippen LogP contribution in [0.5, 0.6) is 0 Å². The summed E-state index contributed by atoms with van der Waals surface area (Å²) in [6.45, 7) is 4.63. The lowest BCUT2D eigenvalue weighted by Crippen LogP contribution is -2.20. The Morgan fingerprint density at radius 1 is 1.36 bits per heavy atom. The highest BCUT2D eigenvalue weighted by Crippen LogP contribution is 2.41. The van der Waals surface area contributed by atoms with Gasteiger partial charge in [-0.3, -0.25) is 0 Å². The molecular weight excluding hydrogens is 178 g/mol. The molecule has 4 heteroatoms. The summed E-state index contributed by atoms with van der Waals surface area (Å²) in [5.74, 6) is 1.24. The van der Waals surface area contributed by atoms with Crippen LogP contribution in [0.1, 0.15) is 51.3 Å². The van der Waals surface area contributed by atoms with E-state index in [9.17, 15) is 0 Å². The molecule has 1 saturated carbocycles. The molecule has 0 unspecified atom stereocenters. The number of rotatable bonds is 1. The average molecular weight is 195 g/mol. The van der Waals surface area contributed by atoms with Gasteiger partial charge < -0.3 is 10.3 Å². The predicted molar refractivity (Wildman–Crippen MR) is 53.7 cm³/mol. The van der Waals surface area contributed by atoms with Crippen LogP contribution in [-0.4, -0.2) is 10.1 Å². The zero-order chi connectivity index (χ0) is 10.2. The molecule has 14 heavy (non-hydrogen) atoms. The Balaban J connectivity index is 2.02. The first-order valence-electron chi connectivity index (χ1n) is 5.16. The minimum Gasteiger partial charge on any atom is -0.351 e. The quantitative estimate of drug-likeness (QED) is 0.747. The molecule has 0 aliphatic heterocycles. The van der Waals surface area contributed by atoms with Crippen molar-refractivity contribution in [3.63, 3.8) is 0 Å². The van der Waals surface area contributed by atoms with Crippen LogP contribution in [0.25, 0.3) is 0 Å². The van der Waals surface area contributed by atoms with Crippen molar-refractivity contribution in [1.82, 2.24) is 10.1 Å². The standard InChI is InChI=1S/C10H17N3O/c1-10(2)5-3-7(4-6-10)8-12-9(11)14-13-8/h7H,3-6H2,1-2H3,(H2,11,12,13). The number of nitrogens with zero attached hydrogens (tertiary/aromatic N) is 2. The van der Waals surface area contributed by atoms with Gasteiger partial charge in [-0.15, -0.1) is 0 Å². The molecule has 4 nitrogen and oxygen atoms in total. The number of hydrogen-bond donors (Lipinski definition) is 1. The number of nitrogens with two attached hydrogens (primary N) is 1. The third-order valence-electron chi connectivity index (χ3n) is 3.16. The van der Waals surface area contributed by atoms with Gasteiger partial charge in [-0.05, 0) is 31.1 Å². The maximum absolute atomic E-state index is 5.40. The normalized spacial score (nSPS) is 22.4. The molecule has 1 aromatic heterocycles. The summed E-state index contributed by atoms with van der Waals surface area (Å²) in [6, 6.07) is 0.185. The highest BCUT2D eigenvalue weighted by Gasteiger charge is 2.29. The Hall–Kier alpha value is -1.06. The van der Waals surface area contributed by atoms with E-state index < -0.39 is 0 Å². The van der Waals surface area contributed by atoms with Gasteiger partial charge in [0.05, 0.1) is 0 Å². The third-order valence-corrected chi connectivity index (χ3v) is 3.16. The van der Waals surface area contributed by atoms with Crippen molar-refractivity contribution in [3.05, 3.63) is 5.82 Å². The smallest absolute Gasteiger partial charge is 0.318 e. The van der Waals surface area contributed by atoms with Crippen LogP contribution in [0.2, 0.25) is 0 Å². The van der Waals surface area contributed by atoms with Crippen LogP contribution in [0.15, 0.2) is 4.52 Å². The molecule has 0 amide bonds. The van der Waals surface area contributed by atoms with E-state index in [2.05, 4.69) is 24.0 Å². The van der Waals surface area contributed by atoms with Crippen LogP contribution >= 0.6 is 0 Å². The highest BCUT2D eigenvalue weighted by molar-refractivity contribution is 5.10.